The van der Waals surface area contributed by atoms with E-state index in [0.717, 1.165) is 0 Å². The minimum absolute atomic E-state index is 0.192. The molecule has 0 amide bonds. The molecule has 0 bridgehead atoms. The van der Waals surface area contributed by atoms with E-state index in [0.29, 0.717) is 18.1 Å². The van der Waals surface area contributed by atoms with Crippen LogP contribution in [0.5, 0.6) is 0 Å². The van der Waals surface area contributed by atoms with Crippen LogP contribution in [0.15, 0.2) is 12.7 Å². The van der Waals surface area contributed by atoms with Crippen LogP contribution in [0.1, 0.15) is 46.5 Å². The van der Waals surface area contributed by atoms with E-state index in [4.69, 9.17) is 0 Å². The van der Waals surface area contributed by atoms with E-state index in [1.54, 1.807) is 6.08 Å². The van der Waals surface area contributed by atoms with Crippen molar-refractivity contribution in [1.29, 1.82) is 0 Å². The summed E-state index contributed by atoms with van der Waals surface area (Å²) in [4.78, 5) is 12.0. The highest BCUT2D eigenvalue weighted by Crippen LogP contribution is 2.44. The Kier molecular flexibility index (Phi) is 3.52. The molecule has 1 saturated carbocycles. The van der Waals surface area contributed by atoms with E-state index < -0.39 is 0 Å². The van der Waals surface area contributed by atoms with Gasteiger partial charge in [0.25, 0.3) is 0 Å². The highest BCUT2D eigenvalue weighted by Gasteiger charge is 2.40. The Bertz CT molecular complexity index is 227. The first kappa shape index (κ1) is 11.5. The van der Waals surface area contributed by atoms with Crippen molar-refractivity contribution in [2.75, 3.05) is 0 Å². The summed E-state index contributed by atoms with van der Waals surface area (Å²) in [5, 5.41) is 0. The molecule has 80 valence electrons. The second kappa shape index (κ2) is 4.29. The number of carbonyl (C=O) groups is 1. The van der Waals surface area contributed by atoms with Gasteiger partial charge in [-0.05, 0) is 24.2 Å². The molecule has 0 aromatic heterocycles. The molecule has 1 rings (SSSR count). The van der Waals surface area contributed by atoms with Crippen molar-refractivity contribution >= 4 is 5.78 Å². The van der Waals surface area contributed by atoms with Gasteiger partial charge in [-0.1, -0.05) is 33.3 Å². The van der Waals surface area contributed by atoms with E-state index in [2.05, 4.69) is 27.4 Å². The third-order valence-corrected chi connectivity index (χ3v) is 3.58. The van der Waals surface area contributed by atoms with Crippen LogP contribution in [-0.4, -0.2) is 5.78 Å². The van der Waals surface area contributed by atoms with Crippen LogP contribution in [0, 0.1) is 17.3 Å². The molecular weight excluding hydrogens is 172 g/mol. The van der Waals surface area contributed by atoms with Gasteiger partial charge in [0, 0.05) is 12.3 Å². The summed E-state index contributed by atoms with van der Waals surface area (Å²) < 4.78 is 0. The molecule has 14 heavy (non-hydrogen) atoms. The van der Waals surface area contributed by atoms with Crippen molar-refractivity contribution in [2.45, 2.75) is 46.5 Å². The van der Waals surface area contributed by atoms with E-state index in [1.807, 2.05) is 0 Å². The number of Topliss-reactive ketones (excluding diaryl/α,β-unsaturated/α-hetero) is 1. The molecule has 0 saturated heterocycles. The zero-order valence-corrected chi connectivity index (χ0v) is 9.68. The van der Waals surface area contributed by atoms with Gasteiger partial charge >= 0.3 is 0 Å². The summed E-state index contributed by atoms with van der Waals surface area (Å²) in [5.74, 6) is 1.18. The molecule has 0 aromatic carbocycles. The molecule has 0 aromatic rings. The third kappa shape index (κ3) is 2.26. The number of hydrogen-bond acceptors (Lipinski definition) is 1. The van der Waals surface area contributed by atoms with Crippen LogP contribution in [-0.2, 0) is 4.79 Å². The van der Waals surface area contributed by atoms with E-state index >= 15 is 0 Å². The summed E-state index contributed by atoms with van der Waals surface area (Å²) in [6.45, 7) is 10.3. The first-order chi connectivity index (χ1) is 6.49. The number of allylic oxidation sites excluding steroid dienone is 1. The summed E-state index contributed by atoms with van der Waals surface area (Å²) in [7, 11) is 0. The Labute approximate surface area is 87.6 Å². The summed E-state index contributed by atoms with van der Waals surface area (Å²) in [6, 6.07) is 0. The zero-order chi connectivity index (χ0) is 10.8. The predicted octanol–water partition coefficient (Wildman–Crippen LogP) is 3.59. The molecule has 2 atom stereocenters. The summed E-state index contributed by atoms with van der Waals surface area (Å²) in [5.41, 5.74) is 0.192. The molecule has 1 heteroatoms. The molecule has 0 N–H and O–H groups in total. The van der Waals surface area contributed by atoms with E-state index in [1.165, 1.54) is 19.3 Å². The van der Waals surface area contributed by atoms with Gasteiger partial charge in [0.15, 0.2) is 0 Å². The lowest BCUT2D eigenvalue weighted by molar-refractivity contribution is -0.129. The van der Waals surface area contributed by atoms with Gasteiger partial charge in [0.05, 0.1) is 0 Å². The summed E-state index contributed by atoms with van der Waals surface area (Å²) >= 11 is 0. The van der Waals surface area contributed by atoms with Crippen molar-refractivity contribution < 1.29 is 4.79 Å². The molecule has 0 aliphatic heterocycles. The molecule has 1 nitrogen and oxygen atoms in total. The molecule has 1 aliphatic rings. The Morgan fingerprint density at radius 1 is 1.57 bits per heavy atom. The Hall–Kier alpha value is -0.590. The maximum atomic E-state index is 12.0. The average Bonchev–Trinajstić information content (AvgIpc) is 2.02. The lowest BCUT2D eigenvalue weighted by Crippen LogP contribution is -2.39. The molecule has 0 heterocycles. The normalized spacial score (nSPS) is 31.1. The van der Waals surface area contributed by atoms with Crippen molar-refractivity contribution in [3.63, 3.8) is 0 Å². The van der Waals surface area contributed by atoms with Gasteiger partial charge in [0.1, 0.15) is 5.78 Å². The second-order valence-electron chi connectivity index (χ2n) is 5.29. The highest BCUT2D eigenvalue weighted by molar-refractivity contribution is 5.83. The number of hydrogen-bond donors (Lipinski definition) is 0. The first-order valence-corrected chi connectivity index (χ1v) is 5.62. The fourth-order valence-corrected chi connectivity index (χ4v) is 2.99. The lowest BCUT2D eigenvalue weighted by atomic mass is 9.62. The smallest absolute Gasteiger partial charge is 0.140 e. The standard InChI is InChI=1S/C13H22O/c1-5-7-11(14)12-10(2)8-6-9-13(12,3)4/h5,10,12H,1,6-9H2,2-4H3/t10-,12?/m1/s1. The number of carbonyl (C=O) groups excluding carboxylic acids is 1. The highest BCUT2D eigenvalue weighted by atomic mass is 16.1. The minimum Gasteiger partial charge on any atom is -0.299 e. The predicted molar refractivity (Wildman–Crippen MR) is 60.1 cm³/mol. The lowest BCUT2D eigenvalue weighted by Gasteiger charge is -2.41. The quantitative estimate of drug-likeness (QED) is 0.627. The number of ketones is 1. The van der Waals surface area contributed by atoms with Crippen molar-refractivity contribution in [3.05, 3.63) is 12.7 Å². The fraction of sp³-hybridized carbons (Fsp3) is 0.769. The summed E-state index contributed by atoms with van der Waals surface area (Å²) in [6.07, 6.45) is 5.94. The topological polar surface area (TPSA) is 17.1 Å². The van der Waals surface area contributed by atoms with Crippen LogP contribution >= 0.6 is 0 Å². The molecule has 0 spiro atoms. The molecule has 1 fully saturated rings. The largest absolute Gasteiger partial charge is 0.299 e. The van der Waals surface area contributed by atoms with Crippen molar-refractivity contribution in [1.82, 2.24) is 0 Å². The zero-order valence-electron chi connectivity index (χ0n) is 9.68. The van der Waals surface area contributed by atoms with Gasteiger partial charge in [-0.2, -0.15) is 0 Å². The Morgan fingerprint density at radius 2 is 2.21 bits per heavy atom. The maximum Gasteiger partial charge on any atom is 0.140 e. The second-order valence-corrected chi connectivity index (χ2v) is 5.29. The van der Waals surface area contributed by atoms with E-state index in [-0.39, 0.29) is 11.3 Å². The van der Waals surface area contributed by atoms with Gasteiger partial charge in [-0.3, -0.25) is 4.79 Å². The minimum atomic E-state index is 0.192. The maximum absolute atomic E-state index is 12.0. The average molecular weight is 194 g/mol. The molecule has 0 radical (unpaired) electrons. The van der Waals surface area contributed by atoms with E-state index in [9.17, 15) is 4.79 Å². The van der Waals surface area contributed by atoms with Crippen LogP contribution in [0.2, 0.25) is 0 Å². The molecule has 1 aliphatic carbocycles. The molecular formula is C13H22O. The van der Waals surface area contributed by atoms with Gasteiger partial charge in [0.2, 0.25) is 0 Å². The Balaban J connectivity index is 2.79. The van der Waals surface area contributed by atoms with Crippen LogP contribution in [0.4, 0.5) is 0 Å². The van der Waals surface area contributed by atoms with Crippen LogP contribution in [0.25, 0.3) is 0 Å². The van der Waals surface area contributed by atoms with Gasteiger partial charge in [-0.25, -0.2) is 0 Å². The Morgan fingerprint density at radius 3 is 2.71 bits per heavy atom. The fourth-order valence-electron chi connectivity index (χ4n) is 2.99. The van der Waals surface area contributed by atoms with Crippen molar-refractivity contribution in [2.24, 2.45) is 17.3 Å². The monoisotopic (exact) mass is 194 g/mol. The van der Waals surface area contributed by atoms with Gasteiger partial charge < -0.3 is 0 Å². The molecule has 1 unspecified atom stereocenters. The third-order valence-electron chi connectivity index (χ3n) is 3.58. The number of rotatable bonds is 3. The first-order valence-electron chi connectivity index (χ1n) is 5.62. The van der Waals surface area contributed by atoms with Gasteiger partial charge in [-0.15, -0.1) is 6.58 Å². The SMILES string of the molecule is C=CCC(=O)C1[C@H](C)CCCC1(C)C. The van der Waals surface area contributed by atoms with Crippen molar-refractivity contribution in [3.8, 4) is 0 Å². The van der Waals surface area contributed by atoms with Crippen LogP contribution < -0.4 is 0 Å². The van der Waals surface area contributed by atoms with Crippen LogP contribution in [0.3, 0.4) is 0 Å².